The predicted molar refractivity (Wildman–Crippen MR) is 69.7 cm³/mol. The second-order valence-electron chi connectivity index (χ2n) is 3.79. The van der Waals surface area contributed by atoms with Crippen molar-refractivity contribution in [3.8, 4) is 5.75 Å². The summed E-state index contributed by atoms with van der Waals surface area (Å²) < 4.78 is 5.09. The number of benzene rings is 1. The van der Waals surface area contributed by atoms with Crippen LogP contribution in [0.1, 0.15) is 18.4 Å². The molecule has 0 aromatic heterocycles. The highest BCUT2D eigenvalue weighted by atomic mass is 35.5. The van der Waals surface area contributed by atoms with E-state index in [4.69, 9.17) is 16.3 Å². The van der Waals surface area contributed by atoms with Crippen LogP contribution < -0.4 is 10.1 Å². The maximum Gasteiger partial charge on any atom is 0.234 e. The smallest absolute Gasteiger partial charge is 0.234 e. The maximum atomic E-state index is 10.9. The van der Waals surface area contributed by atoms with E-state index in [1.807, 2.05) is 12.1 Å². The van der Waals surface area contributed by atoms with Gasteiger partial charge in [0, 0.05) is 6.54 Å². The lowest BCUT2D eigenvalue weighted by Crippen LogP contribution is -2.25. The minimum Gasteiger partial charge on any atom is -0.497 e. The maximum absolute atomic E-state index is 10.9. The topological polar surface area (TPSA) is 38.3 Å². The highest BCUT2D eigenvalue weighted by Gasteiger charge is 1.98. The zero-order valence-corrected chi connectivity index (χ0v) is 10.8. The number of halogens is 1. The van der Waals surface area contributed by atoms with Crippen LogP contribution in [0.25, 0.3) is 0 Å². The van der Waals surface area contributed by atoms with Gasteiger partial charge in [-0.1, -0.05) is 12.1 Å². The molecule has 0 radical (unpaired) electrons. The standard InChI is InChI=1S/C13H18ClNO2/c1-17-12-7-5-11(6-8-12)4-2-3-9-15-13(16)10-14/h5-8H,2-4,9-10H2,1H3,(H,15,16). The number of ether oxygens (including phenoxy) is 1. The fourth-order valence-corrected chi connectivity index (χ4v) is 1.62. The van der Waals surface area contributed by atoms with E-state index < -0.39 is 0 Å². The normalized spacial score (nSPS) is 10.0. The van der Waals surface area contributed by atoms with E-state index in [2.05, 4.69) is 17.4 Å². The highest BCUT2D eigenvalue weighted by Crippen LogP contribution is 2.12. The molecule has 0 aliphatic carbocycles. The van der Waals surface area contributed by atoms with Crippen LogP contribution in [-0.2, 0) is 11.2 Å². The fraction of sp³-hybridized carbons (Fsp3) is 0.462. The molecule has 0 heterocycles. The molecule has 0 fully saturated rings. The van der Waals surface area contributed by atoms with E-state index >= 15 is 0 Å². The predicted octanol–water partition coefficient (Wildman–Crippen LogP) is 2.37. The Morgan fingerprint density at radius 1 is 1.29 bits per heavy atom. The molecule has 0 bridgehead atoms. The Morgan fingerprint density at radius 3 is 2.59 bits per heavy atom. The molecule has 1 aromatic carbocycles. The molecule has 94 valence electrons. The first-order chi connectivity index (χ1) is 8.26. The number of carbonyl (C=O) groups is 1. The number of carbonyl (C=O) groups excluding carboxylic acids is 1. The van der Waals surface area contributed by atoms with Gasteiger partial charge < -0.3 is 10.1 Å². The quantitative estimate of drug-likeness (QED) is 0.600. The molecular weight excluding hydrogens is 238 g/mol. The summed E-state index contributed by atoms with van der Waals surface area (Å²) in [6.07, 6.45) is 3.03. The molecular formula is C13H18ClNO2. The van der Waals surface area contributed by atoms with E-state index in [1.54, 1.807) is 7.11 Å². The van der Waals surface area contributed by atoms with Crippen molar-refractivity contribution in [3.63, 3.8) is 0 Å². The van der Waals surface area contributed by atoms with Gasteiger partial charge in [0.05, 0.1) is 7.11 Å². The number of alkyl halides is 1. The molecule has 1 aromatic rings. The number of amides is 1. The number of nitrogens with one attached hydrogen (secondary N) is 1. The van der Waals surface area contributed by atoms with Crippen LogP contribution >= 0.6 is 11.6 Å². The lowest BCUT2D eigenvalue weighted by atomic mass is 10.1. The number of unbranched alkanes of at least 4 members (excludes halogenated alkanes) is 1. The number of aryl methyl sites for hydroxylation is 1. The third-order valence-electron chi connectivity index (χ3n) is 2.49. The van der Waals surface area contributed by atoms with Gasteiger partial charge in [-0.2, -0.15) is 0 Å². The Hall–Kier alpha value is -1.22. The summed E-state index contributed by atoms with van der Waals surface area (Å²) in [5, 5.41) is 2.75. The Kier molecular flexibility index (Phi) is 6.48. The third-order valence-corrected chi connectivity index (χ3v) is 2.74. The van der Waals surface area contributed by atoms with Crippen molar-refractivity contribution < 1.29 is 9.53 Å². The number of rotatable bonds is 7. The van der Waals surface area contributed by atoms with E-state index in [9.17, 15) is 4.79 Å². The van der Waals surface area contributed by atoms with Crippen molar-refractivity contribution in [3.05, 3.63) is 29.8 Å². The van der Waals surface area contributed by atoms with Crippen LogP contribution in [0, 0.1) is 0 Å². The van der Waals surface area contributed by atoms with Gasteiger partial charge in [0.15, 0.2) is 0 Å². The zero-order chi connectivity index (χ0) is 12.5. The van der Waals surface area contributed by atoms with Crippen molar-refractivity contribution >= 4 is 17.5 Å². The van der Waals surface area contributed by atoms with Crippen LogP contribution in [0.15, 0.2) is 24.3 Å². The minimum atomic E-state index is -0.101. The minimum absolute atomic E-state index is 0.0402. The molecule has 4 heteroatoms. The van der Waals surface area contributed by atoms with Gasteiger partial charge in [0.1, 0.15) is 11.6 Å². The molecule has 0 unspecified atom stereocenters. The highest BCUT2D eigenvalue weighted by molar-refractivity contribution is 6.27. The van der Waals surface area contributed by atoms with Gasteiger partial charge in [0.25, 0.3) is 0 Å². The van der Waals surface area contributed by atoms with Gasteiger partial charge in [0.2, 0.25) is 5.91 Å². The van der Waals surface area contributed by atoms with Crippen LogP contribution in [-0.4, -0.2) is 25.4 Å². The van der Waals surface area contributed by atoms with Crippen LogP contribution in [0.2, 0.25) is 0 Å². The van der Waals surface area contributed by atoms with Gasteiger partial charge in [-0.3, -0.25) is 4.79 Å². The van der Waals surface area contributed by atoms with E-state index in [0.29, 0.717) is 6.54 Å². The molecule has 1 N–H and O–H groups in total. The van der Waals surface area contributed by atoms with Crippen molar-refractivity contribution in [1.29, 1.82) is 0 Å². The second-order valence-corrected chi connectivity index (χ2v) is 4.06. The molecule has 0 atom stereocenters. The average molecular weight is 256 g/mol. The lowest BCUT2D eigenvalue weighted by Gasteiger charge is -2.04. The van der Waals surface area contributed by atoms with Crippen molar-refractivity contribution in [2.45, 2.75) is 19.3 Å². The number of methoxy groups -OCH3 is 1. The SMILES string of the molecule is COc1ccc(CCCCNC(=O)CCl)cc1. The van der Waals surface area contributed by atoms with Gasteiger partial charge in [-0.25, -0.2) is 0 Å². The van der Waals surface area contributed by atoms with Gasteiger partial charge >= 0.3 is 0 Å². The Labute approximate surface area is 107 Å². The third kappa shape index (κ3) is 5.59. The van der Waals surface area contributed by atoms with Crippen LogP contribution in [0.4, 0.5) is 0 Å². The number of hydrogen-bond acceptors (Lipinski definition) is 2. The van der Waals surface area contributed by atoms with Crippen molar-refractivity contribution in [2.24, 2.45) is 0 Å². The first-order valence-electron chi connectivity index (χ1n) is 5.72. The summed E-state index contributed by atoms with van der Waals surface area (Å²) in [6, 6.07) is 8.06. The molecule has 3 nitrogen and oxygen atoms in total. The van der Waals surface area contributed by atoms with Crippen LogP contribution in [0.3, 0.4) is 0 Å². The molecule has 0 aliphatic heterocycles. The van der Waals surface area contributed by atoms with Gasteiger partial charge in [-0.05, 0) is 37.0 Å². The molecule has 0 saturated heterocycles. The van der Waals surface area contributed by atoms with Crippen LogP contribution in [0.5, 0.6) is 5.75 Å². The fourth-order valence-electron chi connectivity index (χ4n) is 1.52. The monoisotopic (exact) mass is 255 g/mol. The summed E-state index contributed by atoms with van der Waals surface area (Å²) in [4.78, 5) is 10.9. The summed E-state index contributed by atoms with van der Waals surface area (Å²) in [6.45, 7) is 0.696. The second kappa shape index (κ2) is 7.96. The molecule has 17 heavy (non-hydrogen) atoms. The summed E-state index contributed by atoms with van der Waals surface area (Å²) in [5.74, 6) is 0.817. The number of hydrogen-bond donors (Lipinski definition) is 1. The summed E-state index contributed by atoms with van der Waals surface area (Å²) in [5.41, 5.74) is 1.29. The molecule has 0 spiro atoms. The first kappa shape index (κ1) is 13.8. The summed E-state index contributed by atoms with van der Waals surface area (Å²) >= 11 is 5.37. The summed E-state index contributed by atoms with van der Waals surface area (Å²) in [7, 11) is 1.66. The largest absolute Gasteiger partial charge is 0.497 e. The van der Waals surface area contributed by atoms with Gasteiger partial charge in [-0.15, -0.1) is 11.6 Å². The molecule has 1 amide bonds. The van der Waals surface area contributed by atoms with Crippen molar-refractivity contribution in [2.75, 3.05) is 19.5 Å². The average Bonchev–Trinajstić information content (AvgIpc) is 2.38. The lowest BCUT2D eigenvalue weighted by molar-refractivity contribution is -0.118. The first-order valence-corrected chi connectivity index (χ1v) is 6.25. The zero-order valence-electron chi connectivity index (χ0n) is 10.0. The Balaban J connectivity index is 2.15. The Bertz CT molecular complexity index is 338. The van der Waals surface area contributed by atoms with Crippen molar-refractivity contribution in [1.82, 2.24) is 5.32 Å². The molecule has 0 aliphatic rings. The Morgan fingerprint density at radius 2 is 2.00 bits per heavy atom. The molecule has 1 rings (SSSR count). The molecule has 0 saturated carbocycles. The van der Waals surface area contributed by atoms with E-state index in [1.165, 1.54) is 5.56 Å². The van der Waals surface area contributed by atoms with E-state index in [-0.39, 0.29) is 11.8 Å². The van der Waals surface area contributed by atoms with E-state index in [0.717, 1.165) is 25.0 Å².